The highest BCUT2D eigenvalue weighted by molar-refractivity contribution is 5.85. The molecule has 0 bridgehead atoms. The molecule has 0 spiro atoms. The maximum atomic E-state index is 10.1. The van der Waals surface area contributed by atoms with Gasteiger partial charge in [-0.2, -0.15) is 0 Å². The molecule has 0 heterocycles. The molecule has 0 fully saturated rings. The number of halogens is 1. The maximum Gasteiger partial charge on any atom is 0.414 e. The Labute approximate surface area is 65.2 Å². The van der Waals surface area contributed by atoms with Gasteiger partial charge in [-0.25, -0.2) is 9.69 Å². The first-order valence-electron chi connectivity index (χ1n) is 2.56. The fourth-order valence-corrected chi connectivity index (χ4v) is 0.388. The monoisotopic (exact) mass is 167 g/mol. The van der Waals surface area contributed by atoms with Gasteiger partial charge in [-0.05, 0) is 13.8 Å². The minimum atomic E-state index is -1.21. The number of imide groups is 1. The van der Waals surface area contributed by atoms with Crippen molar-refractivity contribution in [2.45, 2.75) is 19.9 Å². The molecule has 0 atom stereocenters. The zero-order chi connectivity index (χ0) is 7.44. The van der Waals surface area contributed by atoms with E-state index in [1.165, 1.54) is 0 Å². The van der Waals surface area contributed by atoms with Gasteiger partial charge < -0.3 is 5.11 Å². The molecule has 5 heteroatoms. The Bertz CT molecular complexity index is 126. The van der Waals surface area contributed by atoms with Crippen LogP contribution < -0.4 is 0 Å². The first-order chi connectivity index (χ1) is 4.09. The Morgan fingerprint density at radius 3 is 2.00 bits per heavy atom. The molecule has 0 aliphatic heterocycles. The van der Waals surface area contributed by atoms with Gasteiger partial charge in [-0.3, -0.25) is 4.79 Å². The molecule has 0 saturated heterocycles. The van der Waals surface area contributed by atoms with E-state index in [9.17, 15) is 9.59 Å². The second-order valence-corrected chi connectivity index (χ2v) is 1.89. The summed E-state index contributed by atoms with van der Waals surface area (Å²) in [6.07, 6.45) is -0.910. The number of carbonyl (C=O) groups is 2. The van der Waals surface area contributed by atoms with Crippen LogP contribution in [0.25, 0.3) is 0 Å². The zero-order valence-corrected chi connectivity index (χ0v) is 6.59. The average molecular weight is 168 g/mol. The van der Waals surface area contributed by atoms with E-state index in [1.54, 1.807) is 13.8 Å². The quantitative estimate of drug-likeness (QED) is 0.623. The highest BCUT2D eigenvalue weighted by Gasteiger charge is 2.12. The summed E-state index contributed by atoms with van der Waals surface area (Å²) in [4.78, 5) is 20.7. The Balaban J connectivity index is 0. The normalized spacial score (nSPS) is 8.30. The van der Waals surface area contributed by atoms with Gasteiger partial charge >= 0.3 is 6.09 Å². The lowest BCUT2D eigenvalue weighted by atomic mass is 10.4. The first kappa shape index (κ1) is 12.0. The van der Waals surface area contributed by atoms with Crippen LogP contribution in [0.2, 0.25) is 0 Å². The van der Waals surface area contributed by atoms with Crippen molar-refractivity contribution in [1.82, 2.24) is 4.90 Å². The lowest BCUT2D eigenvalue weighted by Crippen LogP contribution is -2.34. The Kier molecular flexibility index (Phi) is 6.04. The smallest absolute Gasteiger partial charge is 0.414 e. The summed E-state index contributed by atoms with van der Waals surface area (Å²) in [6, 6.07) is -0.278. The van der Waals surface area contributed by atoms with E-state index < -0.39 is 6.09 Å². The van der Waals surface area contributed by atoms with Gasteiger partial charge in [0.2, 0.25) is 6.41 Å². The van der Waals surface area contributed by atoms with E-state index in [2.05, 4.69) is 0 Å². The van der Waals surface area contributed by atoms with E-state index in [1.807, 2.05) is 0 Å². The van der Waals surface area contributed by atoms with Gasteiger partial charge in [0.25, 0.3) is 0 Å². The lowest BCUT2D eigenvalue weighted by molar-refractivity contribution is -0.117. The Morgan fingerprint density at radius 2 is 2.00 bits per heavy atom. The number of rotatable bonds is 2. The van der Waals surface area contributed by atoms with Crippen LogP contribution in [0.3, 0.4) is 0 Å². The van der Waals surface area contributed by atoms with E-state index >= 15 is 0 Å². The third-order valence-corrected chi connectivity index (χ3v) is 0.891. The Morgan fingerprint density at radius 1 is 1.60 bits per heavy atom. The molecule has 0 aliphatic rings. The SMILES string of the molecule is CC(C)N(C=O)C(=O)O.Cl. The molecule has 4 nitrogen and oxygen atoms in total. The standard InChI is InChI=1S/C5H9NO3.ClH/c1-4(2)6(3-7)5(8)9;/h3-4H,1-2H3,(H,8,9);1H. The van der Waals surface area contributed by atoms with Crippen LogP contribution in [0.4, 0.5) is 4.79 Å². The highest BCUT2D eigenvalue weighted by atomic mass is 35.5. The largest absolute Gasteiger partial charge is 0.465 e. The van der Waals surface area contributed by atoms with Crippen molar-refractivity contribution < 1.29 is 14.7 Å². The van der Waals surface area contributed by atoms with Crippen LogP contribution in [0.15, 0.2) is 0 Å². The second kappa shape index (κ2) is 5.05. The summed E-state index contributed by atoms with van der Waals surface area (Å²) >= 11 is 0. The van der Waals surface area contributed by atoms with Crippen LogP contribution in [-0.4, -0.2) is 28.6 Å². The van der Waals surface area contributed by atoms with Crippen molar-refractivity contribution in [3.05, 3.63) is 0 Å². The molecule has 0 aromatic rings. The van der Waals surface area contributed by atoms with Gasteiger partial charge in [-0.15, -0.1) is 12.4 Å². The predicted octanol–water partition coefficient (Wildman–Crippen LogP) is 0.953. The number of amides is 2. The van der Waals surface area contributed by atoms with E-state index in [0.29, 0.717) is 11.3 Å². The minimum Gasteiger partial charge on any atom is -0.465 e. The van der Waals surface area contributed by atoms with Crippen molar-refractivity contribution in [1.29, 1.82) is 0 Å². The molecule has 1 N–H and O–H groups in total. The zero-order valence-electron chi connectivity index (χ0n) is 5.77. The fraction of sp³-hybridized carbons (Fsp3) is 0.600. The molecule has 60 valence electrons. The summed E-state index contributed by atoms with van der Waals surface area (Å²) < 4.78 is 0. The summed E-state index contributed by atoms with van der Waals surface area (Å²) in [5.41, 5.74) is 0. The number of carbonyl (C=O) groups excluding carboxylic acids is 1. The van der Waals surface area contributed by atoms with E-state index in [4.69, 9.17) is 5.11 Å². The molecular weight excluding hydrogens is 158 g/mol. The molecule has 0 saturated carbocycles. The van der Waals surface area contributed by atoms with Gasteiger partial charge in [0.05, 0.1) is 0 Å². The molecule has 0 rings (SSSR count). The van der Waals surface area contributed by atoms with Crippen LogP contribution in [-0.2, 0) is 4.79 Å². The molecular formula is C5H10ClNO3. The topological polar surface area (TPSA) is 57.6 Å². The molecule has 2 amide bonds. The lowest BCUT2D eigenvalue weighted by Gasteiger charge is -2.14. The molecule has 0 unspecified atom stereocenters. The van der Waals surface area contributed by atoms with Crippen molar-refractivity contribution in [2.75, 3.05) is 0 Å². The molecule has 0 aromatic heterocycles. The Hall–Kier alpha value is -0.770. The molecule has 0 aromatic carbocycles. The van der Waals surface area contributed by atoms with Gasteiger partial charge in [0, 0.05) is 6.04 Å². The highest BCUT2D eigenvalue weighted by Crippen LogP contribution is 1.92. The average Bonchev–Trinajstić information content (AvgIpc) is 1.64. The third kappa shape index (κ3) is 3.29. The second-order valence-electron chi connectivity index (χ2n) is 1.89. The van der Waals surface area contributed by atoms with Crippen molar-refractivity contribution in [3.8, 4) is 0 Å². The van der Waals surface area contributed by atoms with Crippen LogP contribution in [0.5, 0.6) is 0 Å². The summed E-state index contributed by atoms with van der Waals surface area (Å²) in [5.74, 6) is 0. The summed E-state index contributed by atoms with van der Waals surface area (Å²) in [6.45, 7) is 3.26. The van der Waals surface area contributed by atoms with Crippen LogP contribution >= 0.6 is 12.4 Å². The van der Waals surface area contributed by atoms with Crippen molar-refractivity contribution >= 4 is 24.9 Å². The number of nitrogens with zero attached hydrogens (tertiary/aromatic N) is 1. The van der Waals surface area contributed by atoms with E-state index in [0.717, 1.165) is 0 Å². The van der Waals surface area contributed by atoms with Gasteiger partial charge in [0.1, 0.15) is 0 Å². The molecule has 0 radical (unpaired) electrons. The number of hydrogen-bond donors (Lipinski definition) is 1. The van der Waals surface area contributed by atoms with Crippen molar-refractivity contribution in [3.63, 3.8) is 0 Å². The minimum absolute atomic E-state index is 0. The van der Waals surface area contributed by atoms with Gasteiger partial charge in [-0.1, -0.05) is 0 Å². The first-order valence-corrected chi connectivity index (χ1v) is 2.56. The summed E-state index contributed by atoms with van der Waals surface area (Å²) in [7, 11) is 0. The van der Waals surface area contributed by atoms with Gasteiger partial charge in [0.15, 0.2) is 0 Å². The summed E-state index contributed by atoms with van der Waals surface area (Å²) in [5, 5.41) is 8.24. The third-order valence-electron chi connectivity index (χ3n) is 0.891. The molecule has 10 heavy (non-hydrogen) atoms. The van der Waals surface area contributed by atoms with Crippen molar-refractivity contribution in [2.24, 2.45) is 0 Å². The van der Waals surface area contributed by atoms with Crippen LogP contribution in [0.1, 0.15) is 13.8 Å². The fourth-order valence-electron chi connectivity index (χ4n) is 0.388. The van der Waals surface area contributed by atoms with E-state index in [-0.39, 0.29) is 18.4 Å². The number of carboxylic acid groups (broad SMARTS) is 1. The number of hydrogen-bond acceptors (Lipinski definition) is 2. The predicted molar refractivity (Wildman–Crippen MR) is 38.3 cm³/mol. The maximum absolute atomic E-state index is 10.1. The molecule has 0 aliphatic carbocycles. The van der Waals surface area contributed by atoms with Crippen LogP contribution in [0, 0.1) is 0 Å².